The molecule has 0 unspecified atom stereocenters. The van der Waals surface area contributed by atoms with Gasteiger partial charge in [0.15, 0.2) is 6.19 Å². The van der Waals surface area contributed by atoms with E-state index in [2.05, 4.69) is 15.6 Å². The summed E-state index contributed by atoms with van der Waals surface area (Å²) >= 11 is 1.43. The van der Waals surface area contributed by atoms with Crippen LogP contribution in [0.2, 0.25) is 0 Å². The number of nitrogens with zero attached hydrogens (tertiary/aromatic N) is 2. The molecule has 0 bridgehead atoms. The van der Waals surface area contributed by atoms with Gasteiger partial charge in [-0.2, -0.15) is 5.26 Å². The molecule has 0 atom stereocenters. The van der Waals surface area contributed by atoms with E-state index in [0.717, 1.165) is 21.3 Å². The maximum absolute atomic E-state index is 12.2. The zero-order chi connectivity index (χ0) is 17.8. The van der Waals surface area contributed by atoms with Crippen LogP contribution < -0.4 is 15.4 Å². The van der Waals surface area contributed by atoms with Gasteiger partial charge >= 0.3 is 0 Å². The lowest BCUT2D eigenvalue weighted by molar-refractivity contribution is -0.122. The molecule has 130 valence electrons. The fourth-order valence-corrected chi connectivity index (χ4v) is 3.57. The van der Waals surface area contributed by atoms with Crippen LogP contribution in [-0.2, 0) is 4.79 Å². The summed E-state index contributed by atoms with van der Waals surface area (Å²) in [6.45, 7) is 3.97. The number of benzene rings is 1. The van der Waals surface area contributed by atoms with E-state index in [4.69, 9.17) is 10.00 Å². The molecule has 1 aromatic carbocycles. The van der Waals surface area contributed by atoms with Crippen LogP contribution in [0.4, 0.5) is 5.00 Å². The van der Waals surface area contributed by atoms with Gasteiger partial charge in [0, 0.05) is 12.0 Å². The van der Waals surface area contributed by atoms with Gasteiger partial charge in [0.2, 0.25) is 5.91 Å². The maximum atomic E-state index is 12.2. The molecular formula is C18H20N4O2S. The molecular weight excluding hydrogens is 336 g/mol. The van der Waals surface area contributed by atoms with E-state index in [9.17, 15) is 4.79 Å². The van der Waals surface area contributed by atoms with Crippen molar-refractivity contribution in [1.29, 1.82) is 5.26 Å². The Morgan fingerprint density at radius 3 is 2.88 bits per heavy atom. The molecule has 1 aliphatic rings. The average Bonchev–Trinajstić information content (AvgIpc) is 2.98. The minimum atomic E-state index is -0.0482. The van der Waals surface area contributed by atoms with Crippen molar-refractivity contribution >= 4 is 22.2 Å². The summed E-state index contributed by atoms with van der Waals surface area (Å²) in [6.07, 6.45) is 5.05. The number of carbonyl (C=O) groups is 1. The third-order valence-corrected chi connectivity index (χ3v) is 4.96. The number of para-hydroxylation sites is 1. The highest BCUT2D eigenvalue weighted by Gasteiger charge is 2.34. The van der Waals surface area contributed by atoms with Crippen molar-refractivity contribution < 1.29 is 9.53 Å². The topological polar surface area (TPSA) is 87.0 Å². The summed E-state index contributed by atoms with van der Waals surface area (Å²) in [6, 6.07) is 7.88. The molecule has 1 amide bonds. The molecule has 1 saturated carbocycles. The van der Waals surface area contributed by atoms with Crippen molar-refractivity contribution in [2.24, 2.45) is 5.92 Å². The molecule has 3 rings (SSSR count). The van der Waals surface area contributed by atoms with E-state index in [1.807, 2.05) is 44.3 Å². The van der Waals surface area contributed by atoms with Crippen molar-refractivity contribution in [2.45, 2.75) is 38.8 Å². The van der Waals surface area contributed by atoms with Crippen LogP contribution in [0.1, 0.15) is 26.7 Å². The quantitative estimate of drug-likeness (QED) is 0.612. The Labute approximate surface area is 150 Å². The molecule has 2 aromatic rings. The number of hydrogen-bond donors (Lipinski definition) is 2. The van der Waals surface area contributed by atoms with Crippen molar-refractivity contribution in [1.82, 2.24) is 10.3 Å². The van der Waals surface area contributed by atoms with Gasteiger partial charge in [-0.1, -0.05) is 23.5 Å². The molecule has 0 aliphatic heterocycles. The molecule has 0 radical (unpaired) electrons. The fourth-order valence-electron chi connectivity index (χ4n) is 2.72. The molecule has 1 fully saturated rings. The summed E-state index contributed by atoms with van der Waals surface area (Å²) in [5.74, 6) is 0.722. The molecule has 0 spiro atoms. The number of amides is 1. The standard InChI is InChI=1S/C18H20N4O2S/c1-11(2)24-15-6-4-3-5-14(15)18-20-9-16(25-18)22-17(23)12-7-13(8-12)21-10-19/h3-6,9,11-13,21H,7-8H2,1-2H3,(H,22,23)/t12-,13-. The number of anilines is 1. The van der Waals surface area contributed by atoms with Gasteiger partial charge in [-0.05, 0) is 38.8 Å². The van der Waals surface area contributed by atoms with Crippen LogP contribution in [0.25, 0.3) is 10.6 Å². The van der Waals surface area contributed by atoms with Crippen molar-refractivity contribution in [2.75, 3.05) is 5.32 Å². The first-order valence-corrected chi connectivity index (χ1v) is 9.06. The van der Waals surface area contributed by atoms with Gasteiger partial charge in [-0.15, -0.1) is 0 Å². The second-order valence-electron chi connectivity index (χ2n) is 6.30. The molecule has 6 nitrogen and oxygen atoms in total. The van der Waals surface area contributed by atoms with Crippen molar-refractivity contribution in [3.8, 4) is 22.5 Å². The third kappa shape index (κ3) is 4.09. The van der Waals surface area contributed by atoms with Crippen molar-refractivity contribution in [3.05, 3.63) is 30.5 Å². The number of ether oxygens (including phenoxy) is 1. The van der Waals surface area contributed by atoms with Crippen LogP contribution in [0.3, 0.4) is 0 Å². The Balaban J connectivity index is 1.66. The first kappa shape index (κ1) is 17.2. The number of hydrogen-bond acceptors (Lipinski definition) is 6. The maximum Gasteiger partial charge on any atom is 0.228 e. The van der Waals surface area contributed by atoms with Gasteiger partial charge in [0.05, 0.1) is 17.9 Å². The minimum absolute atomic E-state index is 0.0158. The average molecular weight is 356 g/mol. The van der Waals surface area contributed by atoms with Gasteiger partial charge < -0.3 is 15.4 Å². The lowest BCUT2D eigenvalue weighted by atomic mass is 9.80. The van der Waals surface area contributed by atoms with Gasteiger partial charge in [0.1, 0.15) is 15.8 Å². The van der Waals surface area contributed by atoms with Gasteiger partial charge in [0.25, 0.3) is 0 Å². The smallest absolute Gasteiger partial charge is 0.228 e. The SMILES string of the molecule is CC(C)Oc1ccccc1-c1ncc(NC(=O)[C@H]2C[C@H](NC#N)C2)s1. The predicted octanol–water partition coefficient (Wildman–Crippen LogP) is 3.39. The molecule has 25 heavy (non-hydrogen) atoms. The van der Waals surface area contributed by atoms with Crippen LogP contribution in [0.5, 0.6) is 5.75 Å². The minimum Gasteiger partial charge on any atom is -0.490 e. The van der Waals surface area contributed by atoms with Crippen LogP contribution in [0.15, 0.2) is 30.5 Å². The molecule has 1 aromatic heterocycles. The van der Waals surface area contributed by atoms with Crippen LogP contribution >= 0.6 is 11.3 Å². The number of nitriles is 1. The number of aromatic nitrogens is 1. The number of rotatable bonds is 6. The second kappa shape index (κ2) is 7.53. The normalized spacial score (nSPS) is 19.0. The van der Waals surface area contributed by atoms with E-state index in [1.54, 1.807) is 6.20 Å². The molecule has 1 aliphatic carbocycles. The molecule has 1 heterocycles. The molecule has 2 N–H and O–H groups in total. The first-order valence-electron chi connectivity index (χ1n) is 8.24. The van der Waals surface area contributed by atoms with Gasteiger partial charge in [-0.3, -0.25) is 4.79 Å². The summed E-state index contributed by atoms with van der Waals surface area (Å²) < 4.78 is 5.84. The summed E-state index contributed by atoms with van der Waals surface area (Å²) in [5.41, 5.74) is 0.920. The van der Waals surface area contributed by atoms with Crippen LogP contribution in [0, 0.1) is 17.4 Å². The Morgan fingerprint density at radius 1 is 1.40 bits per heavy atom. The Hall–Kier alpha value is -2.59. The second-order valence-corrected chi connectivity index (χ2v) is 7.33. The Kier molecular flexibility index (Phi) is 5.19. The highest BCUT2D eigenvalue weighted by Crippen LogP contribution is 2.36. The van der Waals surface area contributed by atoms with E-state index >= 15 is 0 Å². The first-order chi connectivity index (χ1) is 12.1. The fraction of sp³-hybridized carbons (Fsp3) is 0.389. The predicted molar refractivity (Wildman–Crippen MR) is 97.2 cm³/mol. The molecule has 7 heteroatoms. The summed E-state index contributed by atoms with van der Waals surface area (Å²) in [5, 5.41) is 15.7. The lowest BCUT2D eigenvalue weighted by Gasteiger charge is -2.32. The third-order valence-electron chi connectivity index (χ3n) is 4.01. The van der Waals surface area contributed by atoms with Crippen molar-refractivity contribution in [3.63, 3.8) is 0 Å². The Morgan fingerprint density at radius 2 is 2.16 bits per heavy atom. The highest BCUT2D eigenvalue weighted by atomic mass is 32.1. The monoisotopic (exact) mass is 356 g/mol. The zero-order valence-corrected chi connectivity index (χ0v) is 15.0. The van der Waals surface area contributed by atoms with E-state index in [0.29, 0.717) is 12.8 Å². The summed E-state index contributed by atoms with van der Waals surface area (Å²) in [7, 11) is 0. The molecule has 0 saturated heterocycles. The van der Waals surface area contributed by atoms with Crippen LogP contribution in [-0.4, -0.2) is 23.0 Å². The lowest BCUT2D eigenvalue weighted by Crippen LogP contribution is -2.44. The van der Waals surface area contributed by atoms with E-state index in [1.165, 1.54) is 11.3 Å². The largest absolute Gasteiger partial charge is 0.490 e. The Bertz CT molecular complexity index is 790. The number of nitrogens with one attached hydrogen (secondary N) is 2. The summed E-state index contributed by atoms with van der Waals surface area (Å²) in [4.78, 5) is 16.7. The zero-order valence-electron chi connectivity index (χ0n) is 14.2. The number of thiazole rings is 1. The van der Waals surface area contributed by atoms with E-state index < -0.39 is 0 Å². The highest BCUT2D eigenvalue weighted by molar-refractivity contribution is 7.19. The number of carbonyl (C=O) groups excluding carboxylic acids is 1. The van der Waals surface area contributed by atoms with E-state index in [-0.39, 0.29) is 24.0 Å². The van der Waals surface area contributed by atoms with Gasteiger partial charge in [-0.25, -0.2) is 4.98 Å².